The maximum atomic E-state index is 12.3. The maximum Gasteiger partial charge on any atom is 0.272 e. The third-order valence-electron chi connectivity index (χ3n) is 4.68. The molecular formula is C16H22N2O3. The first-order chi connectivity index (χ1) is 9.90. The molecule has 0 saturated heterocycles. The SMILES string of the molecule is Cc1cc(C(=O)NC2CCCC(C)C2C)ccc1[N+](=O)[O-]. The maximum absolute atomic E-state index is 12.3. The number of aryl methyl sites for hydroxylation is 1. The van der Waals surface area contributed by atoms with Crippen LogP contribution in [0.4, 0.5) is 5.69 Å². The number of hydrogen-bond acceptors (Lipinski definition) is 3. The molecule has 5 nitrogen and oxygen atoms in total. The van der Waals surface area contributed by atoms with E-state index >= 15 is 0 Å². The monoisotopic (exact) mass is 290 g/mol. The molecule has 1 aliphatic carbocycles. The number of nitrogens with zero attached hydrogens (tertiary/aromatic N) is 1. The molecule has 114 valence electrons. The second-order valence-corrected chi connectivity index (χ2v) is 6.11. The standard InChI is InChI=1S/C16H22N2O3/c1-10-5-4-6-14(12(10)3)17-16(19)13-7-8-15(18(20)21)11(2)9-13/h7-10,12,14H,4-6H2,1-3H3,(H,17,19). The van der Waals surface area contributed by atoms with Crippen molar-refractivity contribution in [1.29, 1.82) is 0 Å². The molecule has 1 aromatic carbocycles. The van der Waals surface area contributed by atoms with Crippen molar-refractivity contribution in [2.24, 2.45) is 11.8 Å². The highest BCUT2D eigenvalue weighted by Gasteiger charge is 2.28. The average Bonchev–Trinajstić information content (AvgIpc) is 2.43. The molecular weight excluding hydrogens is 268 g/mol. The zero-order chi connectivity index (χ0) is 15.6. The van der Waals surface area contributed by atoms with Crippen LogP contribution in [-0.4, -0.2) is 16.9 Å². The molecule has 2 rings (SSSR count). The largest absolute Gasteiger partial charge is 0.349 e. The van der Waals surface area contributed by atoms with Crippen LogP contribution in [0.1, 0.15) is 49.0 Å². The quantitative estimate of drug-likeness (QED) is 0.684. The third-order valence-corrected chi connectivity index (χ3v) is 4.68. The van der Waals surface area contributed by atoms with Crippen molar-refractivity contribution in [3.8, 4) is 0 Å². The number of nitro groups is 1. The first-order valence-corrected chi connectivity index (χ1v) is 7.46. The molecule has 3 atom stereocenters. The van der Waals surface area contributed by atoms with E-state index in [1.807, 2.05) is 0 Å². The molecule has 1 fully saturated rings. The average molecular weight is 290 g/mol. The van der Waals surface area contributed by atoms with Crippen LogP contribution in [0.2, 0.25) is 0 Å². The van der Waals surface area contributed by atoms with Crippen LogP contribution in [0, 0.1) is 28.9 Å². The van der Waals surface area contributed by atoms with Gasteiger partial charge in [-0.1, -0.05) is 26.7 Å². The molecule has 1 amide bonds. The fourth-order valence-electron chi connectivity index (χ4n) is 3.04. The van der Waals surface area contributed by atoms with Crippen molar-refractivity contribution in [2.75, 3.05) is 0 Å². The fourth-order valence-corrected chi connectivity index (χ4v) is 3.04. The minimum Gasteiger partial charge on any atom is -0.349 e. The Morgan fingerprint density at radius 3 is 2.67 bits per heavy atom. The molecule has 0 aromatic heterocycles. The topological polar surface area (TPSA) is 72.2 Å². The van der Waals surface area contributed by atoms with Gasteiger partial charge in [-0.2, -0.15) is 0 Å². The lowest BCUT2D eigenvalue weighted by Gasteiger charge is -2.34. The summed E-state index contributed by atoms with van der Waals surface area (Å²) >= 11 is 0. The summed E-state index contributed by atoms with van der Waals surface area (Å²) in [7, 11) is 0. The summed E-state index contributed by atoms with van der Waals surface area (Å²) in [6.07, 6.45) is 3.35. The molecule has 1 aromatic rings. The Hall–Kier alpha value is -1.91. The first kappa shape index (κ1) is 15.5. The predicted molar refractivity (Wildman–Crippen MR) is 81.3 cm³/mol. The highest BCUT2D eigenvalue weighted by atomic mass is 16.6. The lowest BCUT2D eigenvalue weighted by molar-refractivity contribution is -0.385. The van der Waals surface area contributed by atoms with Crippen molar-refractivity contribution in [3.05, 3.63) is 39.4 Å². The van der Waals surface area contributed by atoms with Gasteiger partial charge in [0.25, 0.3) is 11.6 Å². The normalized spacial score (nSPS) is 25.4. The van der Waals surface area contributed by atoms with Gasteiger partial charge in [0.1, 0.15) is 0 Å². The van der Waals surface area contributed by atoms with E-state index in [9.17, 15) is 14.9 Å². The van der Waals surface area contributed by atoms with Crippen LogP contribution >= 0.6 is 0 Å². The molecule has 0 spiro atoms. The van der Waals surface area contributed by atoms with E-state index in [1.165, 1.54) is 18.6 Å². The van der Waals surface area contributed by atoms with Crippen LogP contribution < -0.4 is 5.32 Å². The molecule has 21 heavy (non-hydrogen) atoms. The second-order valence-electron chi connectivity index (χ2n) is 6.11. The number of nitrogens with one attached hydrogen (secondary N) is 1. The van der Waals surface area contributed by atoms with Gasteiger partial charge in [-0.05, 0) is 37.3 Å². The molecule has 1 N–H and O–H groups in total. The highest BCUT2D eigenvalue weighted by Crippen LogP contribution is 2.29. The van der Waals surface area contributed by atoms with Crippen LogP contribution in [0.3, 0.4) is 0 Å². The van der Waals surface area contributed by atoms with E-state index < -0.39 is 4.92 Å². The summed E-state index contributed by atoms with van der Waals surface area (Å²) in [6.45, 7) is 6.05. The molecule has 0 bridgehead atoms. The number of rotatable bonds is 3. The van der Waals surface area contributed by atoms with Crippen LogP contribution in [0.5, 0.6) is 0 Å². The Morgan fingerprint density at radius 2 is 2.05 bits per heavy atom. The summed E-state index contributed by atoms with van der Waals surface area (Å²) in [4.78, 5) is 22.7. The molecule has 0 radical (unpaired) electrons. The Kier molecular flexibility index (Phi) is 4.60. The Morgan fingerprint density at radius 1 is 1.33 bits per heavy atom. The number of benzene rings is 1. The van der Waals surface area contributed by atoms with Crippen molar-refractivity contribution >= 4 is 11.6 Å². The Bertz CT molecular complexity index is 556. The number of hydrogen-bond donors (Lipinski definition) is 1. The van der Waals surface area contributed by atoms with E-state index in [0.29, 0.717) is 23.0 Å². The lowest BCUT2D eigenvalue weighted by Crippen LogP contribution is -2.43. The van der Waals surface area contributed by atoms with Crippen molar-refractivity contribution in [3.63, 3.8) is 0 Å². The van der Waals surface area contributed by atoms with Gasteiger partial charge in [0.15, 0.2) is 0 Å². The van der Waals surface area contributed by atoms with Crippen molar-refractivity contribution in [1.82, 2.24) is 5.32 Å². The molecule has 3 unspecified atom stereocenters. The second kappa shape index (κ2) is 6.24. The van der Waals surface area contributed by atoms with Crippen molar-refractivity contribution < 1.29 is 9.72 Å². The Balaban J connectivity index is 2.10. The number of amides is 1. The molecule has 1 saturated carbocycles. The van der Waals surface area contributed by atoms with Crippen LogP contribution in [-0.2, 0) is 0 Å². The van der Waals surface area contributed by atoms with Gasteiger partial charge >= 0.3 is 0 Å². The molecule has 0 aliphatic heterocycles. The van der Waals surface area contributed by atoms with Gasteiger partial charge in [-0.25, -0.2) is 0 Å². The number of nitro benzene ring substituents is 1. The Labute approximate surface area is 124 Å². The van der Waals surface area contributed by atoms with E-state index in [1.54, 1.807) is 13.0 Å². The first-order valence-electron chi connectivity index (χ1n) is 7.46. The van der Waals surface area contributed by atoms with Gasteiger partial charge in [-0.15, -0.1) is 0 Å². The van der Waals surface area contributed by atoms with Gasteiger partial charge in [-0.3, -0.25) is 14.9 Å². The summed E-state index contributed by atoms with van der Waals surface area (Å²) in [5.41, 5.74) is 1.05. The molecule has 0 heterocycles. The zero-order valence-corrected chi connectivity index (χ0v) is 12.8. The molecule has 5 heteroatoms. The van der Waals surface area contributed by atoms with Gasteiger partial charge < -0.3 is 5.32 Å². The minimum absolute atomic E-state index is 0.0474. The van der Waals surface area contributed by atoms with Gasteiger partial charge in [0.2, 0.25) is 0 Å². The smallest absolute Gasteiger partial charge is 0.272 e. The lowest BCUT2D eigenvalue weighted by atomic mass is 9.78. The molecule has 1 aliphatic rings. The predicted octanol–water partition coefficient (Wildman–Crippen LogP) is 3.46. The summed E-state index contributed by atoms with van der Waals surface area (Å²) < 4.78 is 0. The number of carbonyl (C=O) groups excluding carboxylic acids is 1. The fraction of sp³-hybridized carbons (Fsp3) is 0.562. The van der Waals surface area contributed by atoms with Crippen LogP contribution in [0.25, 0.3) is 0 Å². The van der Waals surface area contributed by atoms with Crippen molar-refractivity contribution in [2.45, 2.75) is 46.1 Å². The summed E-state index contributed by atoms with van der Waals surface area (Å²) in [5, 5.41) is 13.9. The van der Waals surface area contributed by atoms with E-state index in [0.717, 1.165) is 12.8 Å². The van der Waals surface area contributed by atoms with Gasteiger partial charge in [0, 0.05) is 23.2 Å². The van der Waals surface area contributed by atoms with Crippen LogP contribution in [0.15, 0.2) is 18.2 Å². The third kappa shape index (κ3) is 3.40. The zero-order valence-electron chi connectivity index (χ0n) is 12.8. The van der Waals surface area contributed by atoms with Gasteiger partial charge in [0.05, 0.1) is 4.92 Å². The van der Waals surface area contributed by atoms with E-state index in [4.69, 9.17) is 0 Å². The number of carbonyl (C=O) groups is 1. The summed E-state index contributed by atoms with van der Waals surface area (Å²) in [6, 6.07) is 4.70. The highest BCUT2D eigenvalue weighted by molar-refractivity contribution is 5.94. The van der Waals surface area contributed by atoms with E-state index in [2.05, 4.69) is 19.2 Å². The summed E-state index contributed by atoms with van der Waals surface area (Å²) in [5.74, 6) is 0.934. The minimum atomic E-state index is -0.429. The van der Waals surface area contributed by atoms with E-state index in [-0.39, 0.29) is 17.6 Å².